The van der Waals surface area contributed by atoms with Gasteiger partial charge in [-0.1, -0.05) is 60.7 Å². The van der Waals surface area contributed by atoms with E-state index in [0.29, 0.717) is 5.69 Å². The van der Waals surface area contributed by atoms with Gasteiger partial charge in [0.1, 0.15) is 17.7 Å². The maximum Gasteiger partial charge on any atom is 0.350 e. The Labute approximate surface area is 133 Å². The average Bonchev–Trinajstić information content (AvgIpc) is 3.04. The van der Waals surface area contributed by atoms with Crippen molar-refractivity contribution in [3.63, 3.8) is 0 Å². The molecule has 0 bridgehead atoms. The van der Waals surface area contributed by atoms with Gasteiger partial charge in [0.2, 0.25) is 0 Å². The fourth-order valence-corrected chi connectivity index (χ4v) is 2.12. The molecule has 23 heavy (non-hydrogen) atoms. The number of hydrogen-bond acceptors (Lipinski definition) is 4. The highest BCUT2D eigenvalue weighted by Gasteiger charge is 2.13. The number of carboxylic acids is 1. The molecule has 114 valence electrons. The molecule has 0 fully saturated rings. The van der Waals surface area contributed by atoms with E-state index in [0.717, 1.165) is 11.1 Å². The number of rotatable bonds is 5. The van der Waals surface area contributed by atoms with E-state index in [1.54, 1.807) is 0 Å². The second-order valence-electron chi connectivity index (χ2n) is 4.91. The second-order valence-corrected chi connectivity index (χ2v) is 4.91. The number of aliphatic imine (C=N–C) groups is 1. The third-order valence-corrected chi connectivity index (χ3v) is 3.25. The molecule has 0 saturated heterocycles. The summed E-state index contributed by atoms with van der Waals surface area (Å²) in [6.07, 6.45) is 1.68. The van der Waals surface area contributed by atoms with Crippen molar-refractivity contribution in [1.82, 2.24) is 4.98 Å². The molecule has 3 rings (SSSR count). The van der Waals surface area contributed by atoms with Crippen molar-refractivity contribution in [2.24, 2.45) is 4.99 Å². The fraction of sp³-hybridized carbons (Fsp3) is 0.0556. The van der Waals surface area contributed by atoms with Crippen LogP contribution < -0.4 is 0 Å². The Morgan fingerprint density at radius 1 is 1.04 bits per heavy atom. The normalized spacial score (nSPS) is 11.4. The van der Waals surface area contributed by atoms with Crippen LogP contribution in [0.25, 0.3) is 11.3 Å². The Bertz CT molecular complexity index is 824. The SMILES string of the molecule is O=C(O)C(Cc1ccccc1)=Nc1nc(-c2ccccc2)co1. The van der Waals surface area contributed by atoms with E-state index in [2.05, 4.69) is 9.98 Å². The first-order chi connectivity index (χ1) is 11.2. The van der Waals surface area contributed by atoms with Crippen molar-refractivity contribution in [2.75, 3.05) is 0 Å². The van der Waals surface area contributed by atoms with Gasteiger partial charge in [0, 0.05) is 12.0 Å². The van der Waals surface area contributed by atoms with Crippen molar-refractivity contribution in [1.29, 1.82) is 0 Å². The highest BCUT2D eigenvalue weighted by molar-refractivity contribution is 6.36. The predicted octanol–water partition coefficient (Wildman–Crippen LogP) is 3.74. The van der Waals surface area contributed by atoms with E-state index in [1.807, 2.05) is 60.7 Å². The molecule has 5 nitrogen and oxygen atoms in total. The third kappa shape index (κ3) is 3.71. The molecule has 2 aromatic carbocycles. The summed E-state index contributed by atoms with van der Waals surface area (Å²) in [4.78, 5) is 19.7. The zero-order valence-electron chi connectivity index (χ0n) is 12.2. The van der Waals surface area contributed by atoms with E-state index >= 15 is 0 Å². The summed E-state index contributed by atoms with van der Waals surface area (Å²) in [7, 11) is 0. The van der Waals surface area contributed by atoms with Gasteiger partial charge in [0.15, 0.2) is 0 Å². The van der Waals surface area contributed by atoms with Crippen LogP contribution in [0.15, 0.2) is 76.3 Å². The summed E-state index contributed by atoms with van der Waals surface area (Å²) in [6.45, 7) is 0. The fourth-order valence-electron chi connectivity index (χ4n) is 2.12. The van der Waals surface area contributed by atoms with Gasteiger partial charge in [-0.05, 0) is 5.56 Å². The van der Waals surface area contributed by atoms with E-state index in [9.17, 15) is 9.90 Å². The van der Waals surface area contributed by atoms with E-state index in [4.69, 9.17) is 4.42 Å². The smallest absolute Gasteiger partial charge is 0.350 e. The van der Waals surface area contributed by atoms with Crippen molar-refractivity contribution in [3.05, 3.63) is 72.5 Å². The van der Waals surface area contributed by atoms with Gasteiger partial charge < -0.3 is 9.52 Å². The monoisotopic (exact) mass is 306 g/mol. The molecule has 0 aliphatic heterocycles. The molecule has 0 spiro atoms. The quantitative estimate of drug-likeness (QED) is 0.728. The third-order valence-electron chi connectivity index (χ3n) is 3.25. The van der Waals surface area contributed by atoms with Crippen LogP contribution in [0.5, 0.6) is 0 Å². The van der Waals surface area contributed by atoms with E-state index in [-0.39, 0.29) is 18.1 Å². The minimum absolute atomic E-state index is 0.0161. The Kier molecular flexibility index (Phi) is 4.29. The number of oxazole rings is 1. The molecule has 1 aromatic heterocycles. The van der Waals surface area contributed by atoms with E-state index in [1.165, 1.54) is 6.26 Å². The lowest BCUT2D eigenvalue weighted by molar-refractivity contribution is -0.129. The number of aliphatic carboxylic acids is 1. The Morgan fingerprint density at radius 2 is 1.70 bits per heavy atom. The van der Waals surface area contributed by atoms with Gasteiger partial charge in [-0.25, -0.2) is 4.79 Å². The molecule has 0 aliphatic carbocycles. The van der Waals surface area contributed by atoms with Crippen molar-refractivity contribution < 1.29 is 14.3 Å². The number of benzene rings is 2. The molecule has 1 N–H and O–H groups in total. The van der Waals surface area contributed by atoms with Gasteiger partial charge in [0.25, 0.3) is 0 Å². The topological polar surface area (TPSA) is 75.7 Å². The molecule has 3 aromatic rings. The zero-order valence-corrected chi connectivity index (χ0v) is 12.2. The first-order valence-corrected chi connectivity index (χ1v) is 7.08. The summed E-state index contributed by atoms with van der Waals surface area (Å²) < 4.78 is 5.28. The highest BCUT2D eigenvalue weighted by Crippen LogP contribution is 2.22. The van der Waals surface area contributed by atoms with Gasteiger partial charge in [-0.2, -0.15) is 9.98 Å². The molecule has 0 radical (unpaired) electrons. The van der Waals surface area contributed by atoms with Crippen molar-refractivity contribution in [2.45, 2.75) is 6.42 Å². The Balaban J connectivity index is 1.86. The van der Waals surface area contributed by atoms with Crippen LogP contribution in [0.3, 0.4) is 0 Å². The molecule has 0 unspecified atom stereocenters. The van der Waals surface area contributed by atoms with Crippen LogP contribution in [-0.4, -0.2) is 21.8 Å². The van der Waals surface area contributed by atoms with Crippen LogP contribution in [0.4, 0.5) is 6.01 Å². The average molecular weight is 306 g/mol. The van der Waals surface area contributed by atoms with Gasteiger partial charge in [-0.15, -0.1) is 0 Å². The first kappa shape index (κ1) is 14.7. The van der Waals surface area contributed by atoms with E-state index < -0.39 is 5.97 Å². The summed E-state index contributed by atoms with van der Waals surface area (Å²) in [5.41, 5.74) is 2.35. The van der Waals surface area contributed by atoms with Crippen LogP contribution >= 0.6 is 0 Å². The largest absolute Gasteiger partial charge is 0.477 e. The van der Waals surface area contributed by atoms with Crippen LogP contribution in [-0.2, 0) is 11.2 Å². The highest BCUT2D eigenvalue weighted by atomic mass is 16.4. The molecular formula is C18H14N2O3. The van der Waals surface area contributed by atoms with Gasteiger partial charge in [-0.3, -0.25) is 0 Å². The van der Waals surface area contributed by atoms with Gasteiger partial charge >= 0.3 is 12.0 Å². The molecule has 0 aliphatic rings. The number of hydrogen-bond donors (Lipinski definition) is 1. The minimum atomic E-state index is -1.09. The number of aromatic nitrogens is 1. The predicted molar refractivity (Wildman–Crippen MR) is 86.8 cm³/mol. The van der Waals surface area contributed by atoms with Crippen molar-refractivity contribution >= 4 is 17.7 Å². The number of carbonyl (C=O) groups is 1. The number of nitrogens with zero attached hydrogens (tertiary/aromatic N) is 2. The van der Waals surface area contributed by atoms with Gasteiger partial charge in [0.05, 0.1) is 0 Å². The lowest BCUT2D eigenvalue weighted by Gasteiger charge is -2.00. The minimum Gasteiger partial charge on any atom is -0.477 e. The summed E-state index contributed by atoms with van der Waals surface area (Å²) in [5.74, 6) is -1.09. The second kappa shape index (κ2) is 6.70. The molecule has 0 atom stereocenters. The van der Waals surface area contributed by atoms with Crippen LogP contribution in [0, 0.1) is 0 Å². The zero-order chi connectivity index (χ0) is 16.1. The van der Waals surface area contributed by atoms with Crippen LogP contribution in [0.2, 0.25) is 0 Å². The first-order valence-electron chi connectivity index (χ1n) is 7.08. The Morgan fingerprint density at radius 3 is 2.35 bits per heavy atom. The molecular weight excluding hydrogens is 292 g/mol. The Hall–Kier alpha value is -3.21. The summed E-state index contributed by atoms with van der Waals surface area (Å²) >= 11 is 0. The molecule has 5 heteroatoms. The number of carboxylic acid groups (broad SMARTS) is 1. The van der Waals surface area contributed by atoms with Crippen molar-refractivity contribution in [3.8, 4) is 11.3 Å². The molecule has 0 amide bonds. The lowest BCUT2D eigenvalue weighted by Crippen LogP contribution is -2.15. The molecule has 0 saturated carbocycles. The molecule has 1 heterocycles. The lowest BCUT2D eigenvalue weighted by atomic mass is 10.1. The maximum absolute atomic E-state index is 11.4. The summed E-state index contributed by atoms with van der Waals surface area (Å²) in [6, 6.07) is 18.8. The maximum atomic E-state index is 11.4. The summed E-state index contributed by atoms with van der Waals surface area (Å²) in [5, 5.41) is 9.32. The standard InChI is InChI=1S/C18H14N2O3/c21-17(22)15(11-13-7-3-1-4-8-13)19-18-20-16(12-23-18)14-9-5-2-6-10-14/h1-10,12H,11H2,(H,21,22). The van der Waals surface area contributed by atoms with Crippen LogP contribution in [0.1, 0.15) is 5.56 Å².